The van der Waals surface area contributed by atoms with Crippen molar-refractivity contribution in [1.29, 1.82) is 0 Å². The zero-order valence-corrected chi connectivity index (χ0v) is 13.0. The molecule has 0 saturated carbocycles. The summed E-state index contributed by atoms with van der Waals surface area (Å²) in [7, 11) is 1.98. The first-order chi connectivity index (χ1) is 9.58. The second-order valence-electron chi connectivity index (χ2n) is 4.93. The fourth-order valence-electron chi connectivity index (χ4n) is 2.12. The molecule has 2 N–H and O–H groups in total. The van der Waals surface area contributed by atoms with Gasteiger partial charge in [0.15, 0.2) is 0 Å². The maximum absolute atomic E-state index is 13.8. The third-order valence-electron chi connectivity index (χ3n) is 3.15. The third kappa shape index (κ3) is 4.13. The lowest BCUT2D eigenvalue weighted by Gasteiger charge is -2.18. The zero-order chi connectivity index (χ0) is 14.5. The van der Waals surface area contributed by atoms with Crippen molar-refractivity contribution < 1.29 is 4.39 Å². The Morgan fingerprint density at radius 3 is 2.35 bits per heavy atom. The van der Waals surface area contributed by atoms with E-state index in [4.69, 9.17) is 5.73 Å². The van der Waals surface area contributed by atoms with Crippen LogP contribution in [-0.4, -0.2) is 11.9 Å². The van der Waals surface area contributed by atoms with Crippen LogP contribution in [0.5, 0.6) is 0 Å². The smallest absolute Gasteiger partial charge is 0.127 e. The number of rotatable bonds is 5. The lowest BCUT2D eigenvalue weighted by atomic mass is 10.1. The largest absolute Gasteiger partial charge is 0.326 e. The van der Waals surface area contributed by atoms with Gasteiger partial charge in [-0.2, -0.15) is 0 Å². The number of hydrogen-bond donors (Lipinski definition) is 1. The molecule has 0 aliphatic rings. The average molecular weight is 337 g/mol. The van der Waals surface area contributed by atoms with Gasteiger partial charge in [0.1, 0.15) is 5.82 Å². The summed E-state index contributed by atoms with van der Waals surface area (Å²) in [5.74, 6) is -0.176. The van der Waals surface area contributed by atoms with Crippen LogP contribution in [0.3, 0.4) is 0 Å². The normalized spacial score (nSPS) is 11.1. The van der Waals surface area contributed by atoms with E-state index in [1.807, 2.05) is 25.2 Å². The van der Waals surface area contributed by atoms with Gasteiger partial charge in [-0.15, -0.1) is 0 Å². The lowest BCUT2D eigenvalue weighted by Crippen LogP contribution is -2.18. The van der Waals surface area contributed by atoms with E-state index >= 15 is 0 Å². The fraction of sp³-hybridized carbons (Fsp3) is 0.250. The van der Waals surface area contributed by atoms with E-state index in [1.54, 1.807) is 6.07 Å². The molecule has 0 aliphatic heterocycles. The van der Waals surface area contributed by atoms with E-state index in [0.717, 1.165) is 16.6 Å². The number of nitrogens with zero attached hydrogens (tertiary/aromatic N) is 1. The number of halogens is 2. The quantitative estimate of drug-likeness (QED) is 0.902. The van der Waals surface area contributed by atoms with Gasteiger partial charge in [-0.1, -0.05) is 40.2 Å². The first-order valence-corrected chi connectivity index (χ1v) is 7.28. The molecule has 2 aromatic carbocycles. The standard InChI is InChI=1S/C16H18BrFN2/c1-20(10-12-2-5-15(17)6-3-12)11-14-8-13(9-19)4-7-16(14)18/h2-8H,9-11,19H2,1H3. The molecule has 0 spiro atoms. The van der Waals surface area contributed by atoms with Crippen LogP contribution in [0.1, 0.15) is 16.7 Å². The molecule has 0 saturated heterocycles. The van der Waals surface area contributed by atoms with Gasteiger partial charge in [0, 0.05) is 29.7 Å². The van der Waals surface area contributed by atoms with E-state index in [0.29, 0.717) is 18.7 Å². The second kappa shape index (κ2) is 6.97. The molecule has 0 unspecified atom stereocenters. The van der Waals surface area contributed by atoms with E-state index in [9.17, 15) is 4.39 Å². The Balaban J connectivity index is 2.04. The third-order valence-corrected chi connectivity index (χ3v) is 3.68. The summed E-state index contributed by atoms with van der Waals surface area (Å²) in [6.07, 6.45) is 0. The van der Waals surface area contributed by atoms with Crippen LogP contribution < -0.4 is 5.73 Å². The van der Waals surface area contributed by atoms with E-state index in [2.05, 4.69) is 33.0 Å². The first-order valence-electron chi connectivity index (χ1n) is 6.49. The maximum Gasteiger partial charge on any atom is 0.127 e. The molecule has 2 aromatic rings. The van der Waals surface area contributed by atoms with Crippen molar-refractivity contribution >= 4 is 15.9 Å². The second-order valence-corrected chi connectivity index (χ2v) is 5.84. The summed E-state index contributed by atoms with van der Waals surface area (Å²) in [5, 5.41) is 0. The molecule has 0 bridgehead atoms. The molecule has 106 valence electrons. The van der Waals surface area contributed by atoms with Crippen LogP contribution in [0.15, 0.2) is 46.9 Å². The predicted molar refractivity (Wildman–Crippen MR) is 83.6 cm³/mol. The minimum Gasteiger partial charge on any atom is -0.326 e. The lowest BCUT2D eigenvalue weighted by molar-refractivity contribution is 0.313. The van der Waals surface area contributed by atoms with Gasteiger partial charge in [0.05, 0.1) is 0 Å². The minimum absolute atomic E-state index is 0.176. The van der Waals surface area contributed by atoms with E-state index in [1.165, 1.54) is 11.6 Å². The molecule has 0 radical (unpaired) electrons. The SMILES string of the molecule is CN(Cc1ccc(Br)cc1)Cc1cc(CN)ccc1F. The van der Waals surface area contributed by atoms with Crippen molar-refractivity contribution in [2.75, 3.05) is 7.05 Å². The molecule has 0 aromatic heterocycles. The van der Waals surface area contributed by atoms with Crippen molar-refractivity contribution in [3.63, 3.8) is 0 Å². The molecule has 0 aliphatic carbocycles. The highest BCUT2D eigenvalue weighted by Gasteiger charge is 2.07. The summed E-state index contributed by atoms with van der Waals surface area (Å²) >= 11 is 3.42. The summed E-state index contributed by atoms with van der Waals surface area (Å²) < 4.78 is 14.8. The van der Waals surface area contributed by atoms with Gasteiger partial charge < -0.3 is 5.73 Å². The fourth-order valence-corrected chi connectivity index (χ4v) is 2.39. The Kier molecular flexibility index (Phi) is 5.29. The highest BCUT2D eigenvalue weighted by atomic mass is 79.9. The summed E-state index contributed by atoms with van der Waals surface area (Å²) in [4.78, 5) is 2.09. The zero-order valence-electron chi connectivity index (χ0n) is 11.4. The van der Waals surface area contributed by atoms with Crippen molar-refractivity contribution in [2.45, 2.75) is 19.6 Å². The van der Waals surface area contributed by atoms with Crippen LogP contribution in [0.4, 0.5) is 4.39 Å². The van der Waals surface area contributed by atoms with Crippen molar-refractivity contribution in [3.05, 3.63) is 69.4 Å². The first kappa shape index (κ1) is 15.2. The highest BCUT2D eigenvalue weighted by Crippen LogP contribution is 2.15. The average Bonchev–Trinajstić information content (AvgIpc) is 2.44. The van der Waals surface area contributed by atoms with Crippen molar-refractivity contribution in [2.24, 2.45) is 5.73 Å². The molecule has 0 fully saturated rings. The molecule has 0 amide bonds. The molecule has 4 heteroatoms. The molecular formula is C16H18BrFN2. The van der Waals surface area contributed by atoms with Gasteiger partial charge in [0.25, 0.3) is 0 Å². The molecule has 2 nitrogen and oxygen atoms in total. The van der Waals surface area contributed by atoms with Crippen molar-refractivity contribution in [1.82, 2.24) is 4.90 Å². The van der Waals surface area contributed by atoms with Gasteiger partial charge in [0.2, 0.25) is 0 Å². The Morgan fingerprint density at radius 2 is 1.70 bits per heavy atom. The maximum atomic E-state index is 13.8. The van der Waals surface area contributed by atoms with Crippen molar-refractivity contribution in [3.8, 4) is 0 Å². The Labute approximate surface area is 127 Å². The molecule has 0 heterocycles. The van der Waals surface area contributed by atoms with Gasteiger partial charge in [-0.05, 0) is 36.4 Å². The number of nitrogens with two attached hydrogens (primary N) is 1. The topological polar surface area (TPSA) is 29.3 Å². The van der Waals surface area contributed by atoms with Gasteiger partial charge in [-0.25, -0.2) is 4.39 Å². The number of benzene rings is 2. The Hall–Kier alpha value is -1.23. The Bertz CT molecular complexity index is 569. The molecule has 20 heavy (non-hydrogen) atoms. The van der Waals surface area contributed by atoms with Crippen LogP contribution in [0.2, 0.25) is 0 Å². The van der Waals surface area contributed by atoms with Crippen LogP contribution in [0, 0.1) is 5.82 Å². The predicted octanol–water partition coefficient (Wildman–Crippen LogP) is 3.68. The highest BCUT2D eigenvalue weighted by molar-refractivity contribution is 9.10. The summed E-state index contributed by atoms with van der Waals surface area (Å²) in [6.45, 7) is 1.78. The van der Waals surface area contributed by atoms with E-state index in [-0.39, 0.29) is 5.82 Å². The minimum atomic E-state index is -0.176. The molecular weight excluding hydrogens is 319 g/mol. The Morgan fingerprint density at radius 1 is 1.05 bits per heavy atom. The summed E-state index contributed by atoms with van der Waals surface area (Å²) in [5.41, 5.74) is 8.44. The van der Waals surface area contributed by atoms with E-state index < -0.39 is 0 Å². The van der Waals surface area contributed by atoms with Crippen LogP contribution >= 0.6 is 15.9 Å². The number of hydrogen-bond acceptors (Lipinski definition) is 2. The molecule has 0 atom stereocenters. The molecule has 2 rings (SSSR count). The van der Waals surface area contributed by atoms with Crippen LogP contribution in [-0.2, 0) is 19.6 Å². The summed E-state index contributed by atoms with van der Waals surface area (Å²) in [6, 6.07) is 13.2. The monoisotopic (exact) mass is 336 g/mol. The van der Waals surface area contributed by atoms with Gasteiger partial charge >= 0.3 is 0 Å². The van der Waals surface area contributed by atoms with Crippen LogP contribution in [0.25, 0.3) is 0 Å². The van der Waals surface area contributed by atoms with Gasteiger partial charge in [-0.3, -0.25) is 4.90 Å².